The summed E-state index contributed by atoms with van der Waals surface area (Å²) in [6, 6.07) is 0. The van der Waals surface area contributed by atoms with Crippen molar-refractivity contribution in [3.05, 3.63) is 0 Å². The monoisotopic (exact) mass is 219 g/mol. The van der Waals surface area contributed by atoms with Gasteiger partial charge in [-0.15, -0.1) is 0 Å². The Morgan fingerprint density at radius 3 is 2.50 bits per heavy atom. The molecule has 1 heterocycles. The Labute approximate surface area is 87.2 Å². The standard InChI is InChI=1S/C10H21NO2S/c1-9(2)13-6-3-10-4-7-14(11,12)8-5-10/h9-11H,3-8H2,1-2H3. The van der Waals surface area contributed by atoms with Crippen molar-refractivity contribution in [3.63, 3.8) is 0 Å². The van der Waals surface area contributed by atoms with Gasteiger partial charge in [-0.1, -0.05) is 0 Å². The summed E-state index contributed by atoms with van der Waals surface area (Å²) in [6.45, 7) is 4.89. The van der Waals surface area contributed by atoms with Crippen LogP contribution < -0.4 is 0 Å². The number of rotatable bonds is 4. The van der Waals surface area contributed by atoms with Crippen molar-refractivity contribution in [2.45, 2.75) is 39.2 Å². The SMILES string of the molecule is CC(C)OCCC1CCS(=N)(=O)CC1. The second kappa shape index (κ2) is 5.12. The van der Waals surface area contributed by atoms with Crippen LogP contribution in [0.2, 0.25) is 0 Å². The highest BCUT2D eigenvalue weighted by atomic mass is 32.2. The van der Waals surface area contributed by atoms with Crippen molar-refractivity contribution >= 4 is 9.73 Å². The fraction of sp³-hybridized carbons (Fsp3) is 1.00. The van der Waals surface area contributed by atoms with E-state index in [-0.39, 0.29) is 0 Å². The minimum Gasteiger partial charge on any atom is -0.379 e. The molecule has 0 unspecified atom stereocenters. The first-order chi connectivity index (χ1) is 6.49. The summed E-state index contributed by atoms with van der Waals surface area (Å²) in [5, 5.41) is 0. The van der Waals surface area contributed by atoms with Crippen molar-refractivity contribution < 1.29 is 8.95 Å². The van der Waals surface area contributed by atoms with Gasteiger partial charge in [0.1, 0.15) is 0 Å². The molecule has 14 heavy (non-hydrogen) atoms. The molecular formula is C10H21NO2S. The van der Waals surface area contributed by atoms with Gasteiger partial charge in [0.15, 0.2) is 0 Å². The van der Waals surface area contributed by atoms with Crippen LogP contribution in [-0.4, -0.2) is 28.4 Å². The largest absolute Gasteiger partial charge is 0.379 e. The van der Waals surface area contributed by atoms with E-state index in [2.05, 4.69) is 0 Å². The molecule has 1 fully saturated rings. The minimum atomic E-state index is -2.20. The second-order valence-electron chi connectivity index (χ2n) is 4.37. The van der Waals surface area contributed by atoms with E-state index >= 15 is 0 Å². The Morgan fingerprint density at radius 2 is 2.00 bits per heavy atom. The predicted octanol–water partition coefficient (Wildman–Crippen LogP) is 2.26. The van der Waals surface area contributed by atoms with Crippen LogP contribution >= 0.6 is 0 Å². The van der Waals surface area contributed by atoms with Gasteiger partial charge in [0, 0.05) is 27.8 Å². The molecule has 1 rings (SSSR count). The maximum absolute atomic E-state index is 11.4. The summed E-state index contributed by atoms with van der Waals surface area (Å²) in [7, 11) is -2.20. The molecular weight excluding hydrogens is 198 g/mol. The number of nitrogens with one attached hydrogen (secondary N) is 1. The van der Waals surface area contributed by atoms with E-state index in [0.717, 1.165) is 25.9 Å². The Balaban J connectivity index is 2.16. The summed E-state index contributed by atoms with van der Waals surface area (Å²) in [6.07, 6.45) is 3.26. The molecule has 0 aromatic carbocycles. The van der Waals surface area contributed by atoms with E-state index in [9.17, 15) is 4.21 Å². The van der Waals surface area contributed by atoms with Crippen LogP contribution in [0.15, 0.2) is 0 Å². The summed E-state index contributed by atoms with van der Waals surface area (Å²) in [5.41, 5.74) is 0. The van der Waals surface area contributed by atoms with Crippen LogP contribution in [-0.2, 0) is 14.5 Å². The van der Waals surface area contributed by atoms with Gasteiger partial charge in [0.25, 0.3) is 0 Å². The Morgan fingerprint density at radius 1 is 1.43 bits per heavy atom. The van der Waals surface area contributed by atoms with Crippen molar-refractivity contribution in [1.29, 1.82) is 4.78 Å². The quantitative estimate of drug-likeness (QED) is 0.788. The Hall–Kier alpha value is -0.0900. The molecule has 0 aliphatic carbocycles. The van der Waals surface area contributed by atoms with Crippen molar-refractivity contribution in [1.82, 2.24) is 0 Å². The highest BCUT2D eigenvalue weighted by molar-refractivity contribution is 7.92. The molecule has 0 amide bonds. The smallest absolute Gasteiger partial charge is 0.0518 e. The third kappa shape index (κ3) is 4.42. The normalized spacial score (nSPS) is 33.5. The molecule has 1 saturated heterocycles. The van der Waals surface area contributed by atoms with Gasteiger partial charge in [-0.25, -0.2) is 4.21 Å². The van der Waals surface area contributed by atoms with E-state index in [4.69, 9.17) is 9.52 Å². The van der Waals surface area contributed by atoms with E-state index < -0.39 is 9.73 Å². The molecule has 0 aromatic rings. The van der Waals surface area contributed by atoms with Crippen LogP contribution in [0.25, 0.3) is 0 Å². The zero-order valence-corrected chi connectivity index (χ0v) is 9.94. The van der Waals surface area contributed by atoms with Crippen molar-refractivity contribution in [2.75, 3.05) is 18.1 Å². The molecule has 0 atom stereocenters. The average Bonchev–Trinajstić information content (AvgIpc) is 2.07. The molecule has 4 heteroatoms. The van der Waals surface area contributed by atoms with Gasteiger partial charge in [-0.05, 0) is 39.0 Å². The van der Waals surface area contributed by atoms with E-state index in [1.807, 2.05) is 13.8 Å². The molecule has 84 valence electrons. The predicted molar refractivity (Wildman–Crippen MR) is 59.0 cm³/mol. The summed E-state index contributed by atoms with van der Waals surface area (Å²) in [5.74, 6) is 1.83. The Bertz CT molecular complexity index is 245. The topological polar surface area (TPSA) is 50.1 Å². The third-order valence-electron chi connectivity index (χ3n) is 2.69. The molecule has 1 aliphatic heterocycles. The number of hydrogen-bond donors (Lipinski definition) is 1. The van der Waals surface area contributed by atoms with Gasteiger partial charge >= 0.3 is 0 Å². The van der Waals surface area contributed by atoms with Crippen LogP contribution in [0.5, 0.6) is 0 Å². The molecule has 0 bridgehead atoms. The molecule has 1 aliphatic rings. The van der Waals surface area contributed by atoms with Crippen molar-refractivity contribution in [2.24, 2.45) is 5.92 Å². The molecule has 0 saturated carbocycles. The minimum absolute atomic E-state index is 0.305. The van der Waals surface area contributed by atoms with Gasteiger partial charge in [-0.2, -0.15) is 0 Å². The molecule has 1 N–H and O–H groups in total. The average molecular weight is 219 g/mol. The summed E-state index contributed by atoms with van der Waals surface area (Å²) < 4.78 is 24.3. The van der Waals surface area contributed by atoms with Gasteiger partial charge in [0.05, 0.1) is 6.10 Å². The highest BCUT2D eigenvalue weighted by Crippen LogP contribution is 2.22. The third-order valence-corrected chi connectivity index (χ3v) is 4.48. The maximum Gasteiger partial charge on any atom is 0.0518 e. The summed E-state index contributed by atoms with van der Waals surface area (Å²) in [4.78, 5) is 0. The zero-order valence-electron chi connectivity index (χ0n) is 9.12. The van der Waals surface area contributed by atoms with E-state index in [0.29, 0.717) is 23.5 Å². The summed E-state index contributed by atoms with van der Waals surface area (Å²) >= 11 is 0. The van der Waals surface area contributed by atoms with Gasteiger partial charge in [0.2, 0.25) is 0 Å². The number of ether oxygens (including phenoxy) is 1. The zero-order chi connectivity index (χ0) is 10.6. The number of hydrogen-bond acceptors (Lipinski definition) is 3. The van der Waals surface area contributed by atoms with Crippen LogP contribution in [0.4, 0.5) is 0 Å². The van der Waals surface area contributed by atoms with Crippen LogP contribution in [0, 0.1) is 10.7 Å². The maximum atomic E-state index is 11.4. The molecule has 0 radical (unpaired) electrons. The first-order valence-corrected chi connectivity index (χ1v) is 7.25. The second-order valence-corrected chi connectivity index (χ2v) is 6.81. The first-order valence-electron chi connectivity index (χ1n) is 5.35. The molecule has 0 spiro atoms. The lowest BCUT2D eigenvalue weighted by atomic mass is 10.00. The lowest BCUT2D eigenvalue weighted by Crippen LogP contribution is -2.23. The van der Waals surface area contributed by atoms with Gasteiger partial charge in [-0.3, -0.25) is 4.78 Å². The van der Waals surface area contributed by atoms with Crippen LogP contribution in [0.3, 0.4) is 0 Å². The fourth-order valence-corrected chi connectivity index (χ4v) is 3.35. The van der Waals surface area contributed by atoms with Crippen molar-refractivity contribution in [3.8, 4) is 0 Å². The fourth-order valence-electron chi connectivity index (χ4n) is 1.72. The Kier molecular flexibility index (Phi) is 4.38. The van der Waals surface area contributed by atoms with E-state index in [1.54, 1.807) is 0 Å². The first kappa shape index (κ1) is 12.0. The molecule has 0 aromatic heterocycles. The lowest BCUT2D eigenvalue weighted by molar-refractivity contribution is 0.0675. The highest BCUT2D eigenvalue weighted by Gasteiger charge is 2.20. The molecule has 3 nitrogen and oxygen atoms in total. The van der Waals surface area contributed by atoms with E-state index in [1.165, 1.54) is 0 Å². The van der Waals surface area contributed by atoms with Gasteiger partial charge < -0.3 is 4.74 Å². The lowest BCUT2D eigenvalue weighted by Gasteiger charge is -2.23. The van der Waals surface area contributed by atoms with Crippen LogP contribution in [0.1, 0.15) is 33.1 Å².